The molecule has 0 bridgehead atoms. The summed E-state index contributed by atoms with van der Waals surface area (Å²) in [5.41, 5.74) is 0.114. The summed E-state index contributed by atoms with van der Waals surface area (Å²) in [5, 5.41) is 0.183. The van der Waals surface area contributed by atoms with Gasteiger partial charge in [-0.25, -0.2) is 4.39 Å². The average molecular weight is 259 g/mol. The maximum Gasteiger partial charge on any atom is 0.313 e. The van der Waals surface area contributed by atoms with Gasteiger partial charge in [-0.05, 0) is 19.1 Å². The van der Waals surface area contributed by atoms with E-state index in [-0.39, 0.29) is 30.0 Å². The number of rotatable bonds is 5. The molecule has 3 nitrogen and oxygen atoms in total. The van der Waals surface area contributed by atoms with E-state index in [1.807, 2.05) is 0 Å². The first-order valence-electron chi connectivity index (χ1n) is 5.14. The van der Waals surface area contributed by atoms with E-state index in [1.165, 1.54) is 18.2 Å². The molecule has 0 saturated heterocycles. The molecule has 0 unspecified atom stereocenters. The Morgan fingerprint density at radius 2 is 2.12 bits per heavy atom. The van der Waals surface area contributed by atoms with Gasteiger partial charge in [-0.1, -0.05) is 17.7 Å². The fourth-order valence-corrected chi connectivity index (χ4v) is 1.56. The number of hydrogen-bond donors (Lipinski definition) is 0. The van der Waals surface area contributed by atoms with Crippen molar-refractivity contribution in [2.24, 2.45) is 0 Å². The van der Waals surface area contributed by atoms with Gasteiger partial charge in [0.15, 0.2) is 0 Å². The molecular formula is C12H12ClFO3. The highest BCUT2D eigenvalue weighted by Gasteiger charge is 2.15. The fraction of sp³-hybridized carbons (Fsp3) is 0.333. The number of ether oxygens (including phenoxy) is 1. The molecule has 1 aromatic rings. The standard InChI is InChI=1S/C12H12ClFO3/c1-2-17-12(16)7-8(15)6-9-10(13)4-3-5-11(9)14/h3-5H,2,6-7H2,1H3. The Balaban J connectivity index is 2.65. The zero-order valence-corrected chi connectivity index (χ0v) is 10.1. The summed E-state index contributed by atoms with van der Waals surface area (Å²) in [6.07, 6.45) is -0.567. The van der Waals surface area contributed by atoms with Crippen molar-refractivity contribution in [3.8, 4) is 0 Å². The van der Waals surface area contributed by atoms with Gasteiger partial charge in [0.25, 0.3) is 0 Å². The van der Waals surface area contributed by atoms with Gasteiger partial charge in [0.2, 0.25) is 0 Å². The Labute approximate surface area is 104 Å². The molecule has 0 aliphatic rings. The topological polar surface area (TPSA) is 43.4 Å². The number of ketones is 1. The molecule has 1 rings (SSSR count). The quantitative estimate of drug-likeness (QED) is 0.602. The third kappa shape index (κ3) is 4.15. The van der Waals surface area contributed by atoms with E-state index >= 15 is 0 Å². The molecule has 0 heterocycles. The zero-order chi connectivity index (χ0) is 12.8. The van der Waals surface area contributed by atoms with E-state index in [9.17, 15) is 14.0 Å². The van der Waals surface area contributed by atoms with E-state index in [2.05, 4.69) is 4.74 Å². The van der Waals surface area contributed by atoms with E-state index < -0.39 is 17.6 Å². The van der Waals surface area contributed by atoms with Crippen molar-refractivity contribution < 1.29 is 18.7 Å². The zero-order valence-electron chi connectivity index (χ0n) is 9.33. The normalized spacial score (nSPS) is 10.1. The minimum atomic E-state index is -0.607. The molecule has 0 aromatic heterocycles. The Hall–Kier alpha value is -1.42. The predicted molar refractivity (Wildman–Crippen MR) is 61.4 cm³/mol. The number of esters is 1. The minimum Gasteiger partial charge on any atom is -0.466 e. The van der Waals surface area contributed by atoms with Crippen LogP contribution in [0.4, 0.5) is 4.39 Å². The summed E-state index contributed by atoms with van der Waals surface area (Å²) in [4.78, 5) is 22.5. The first-order valence-corrected chi connectivity index (χ1v) is 5.52. The van der Waals surface area contributed by atoms with Crippen LogP contribution in [0.1, 0.15) is 18.9 Å². The number of carbonyl (C=O) groups excluding carboxylic acids is 2. The fourth-order valence-electron chi connectivity index (χ4n) is 1.33. The summed E-state index contributed by atoms with van der Waals surface area (Å²) in [7, 11) is 0. The van der Waals surface area contributed by atoms with E-state index in [0.717, 1.165) is 0 Å². The molecular weight excluding hydrogens is 247 g/mol. The molecule has 0 spiro atoms. The Kier molecular flexibility index (Phi) is 5.10. The Morgan fingerprint density at radius 3 is 2.71 bits per heavy atom. The summed E-state index contributed by atoms with van der Waals surface area (Å²) >= 11 is 5.76. The van der Waals surface area contributed by atoms with Crippen molar-refractivity contribution in [2.75, 3.05) is 6.61 Å². The summed E-state index contributed by atoms with van der Waals surface area (Å²) in [6, 6.07) is 4.17. The van der Waals surface area contributed by atoms with Crippen molar-refractivity contribution in [1.82, 2.24) is 0 Å². The molecule has 0 saturated carbocycles. The van der Waals surface area contributed by atoms with Crippen LogP contribution in [0.15, 0.2) is 18.2 Å². The van der Waals surface area contributed by atoms with E-state index in [1.54, 1.807) is 6.92 Å². The first kappa shape index (κ1) is 13.6. The number of halogens is 2. The molecule has 0 amide bonds. The lowest BCUT2D eigenvalue weighted by Crippen LogP contribution is -2.13. The molecule has 92 valence electrons. The number of carbonyl (C=O) groups is 2. The number of benzene rings is 1. The largest absolute Gasteiger partial charge is 0.466 e. The van der Waals surface area contributed by atoms with Crippen LogP contribution in [0, 0.1) is 5.82 Å². The van der Waals surface area contributed by atoms with Crippen LogP contribution in [0.25, 0.3) is 0 Å². The van der Waals surface area contributed by atoms with Crippen LogP contribution in [-0.2, 0) is 20.7 Å². The Bertz CT molecular complexity index is 412. The van der Waals surface area contributed by atoms with E-state index in [0.29, 0.717) is 0 Å². The monoisotopic (exact) mass is 258 g/mol. The van der Waals surface area contributed by atoms with Gasteiger partial charge in [-0.15, -0.1) is 0 Å². The molecule has 1 aromatic carbocycles. The lowest BCUT2D eigenvalue weighted by atomic mass is 10.1. The van der Waals surface area contributed by atoms with Gasteiger partial charge < -0.3 is 4.74 Å². The van der Waals surface area contributed by atoms with Crippen molar-refractivity contribution >= 4 is 23.4 Å². The number of hydrogen-bond acceptors (Lipinski definition) is 3. The Morgan fingerprint density at radius 1 is 1.41 bits per heavy atom. The third-order valence-electron chi connectivity index (χ3n) is 2.08. The second kappa shape index (κ2) is 6.35. The summed E-state index contributed by atoms with van der Waals surface area (Å²) < 4.78 is 18.0. The van der Waals surface area contributed by atoms with Crippen LogP contribution < -0.4 is 0 Å². The second-order valence-corrected chi connectivity index (χ2v) is 3.80. The number of Topliss-reactive ketones (excluding diaryl/α,β-unsaturated/α-hetero) is 1. The molecule has 0 radical (unpaired) electrons. The molecule has 0 fully saturated rings. The average Bonchev–Trinajstić information content (AvgIpc) is 2.24. The molecule has 0 N–H and O–H groups in total. The smallest absolute Gasteiger partial charge is 0.313 e. The highest BCUT2D eigenvalue weighted by atomic mass is 35.5. The van der Waals surface area contributed by atoms with Crippen LogP contribution in [-0.4, -0.2) is 18.4 Å². The highest BCUT2D eigenvalue weighted by molar-refractivity contribution is 6.31. The van der Waals surface area contributed by atoms with Gasteiger partial charge in [-0.3, -0.25) is 9.59 Å². The van der Waals surface area contributed by atoms with Gasteiger partial charge in [0, 0.05) is 17.0 Å². The lowest BCUT2D eigenvalue weighted by Gasteiger charge is -2.05. The lowest BCUT2D eigenvalue weighted by molar-refractivity contribution is -0.145. The predicted octanol–water partition coefficient (Wildman–Crippen LogP) is 2.54. The van der Waals surface area contributed by atoms with Crippen molar-refractivity contribution in [3.05, 3.63) is 34.6 Å². The minimum absolute atomic E-state index is 0.114. The van der Waals surface area contributed by atoms with E-state index in [4.69, 9.17) is 11.6 Å². The third-order valence-corrected chi connectivity index (χ3v) is 2.44. The van der Waals surface area contributed by atoms with Gasteiger partial charge in [0.1, 0.15) is 18.0 Å². The van der Waals surface area contributed by atoms with Gasteiger partial charge in [0.05, 0.1) is 6.61 Å². The molecule has 0 aliphatic heterocycles. The maximum absolute atomic E-state index is 13.3. The van der Waals surface area contributed by atoms with Crippen LogP contribution in [0.5, 0.6) is 0 Å². The van der Waals surface area contributed by atoms with Crippen molar-refractivity contribution in [3.63, 3.8) is 0 Å². The van der Waals surface area contributed by atoms with Gasteiger partial charge in [-0.2, -0.15) is 0 Å². The van der Waals surface area contributed by atoms with Crippen LogP contribution in [0.3, 0.4) is 0 Å². The van der Waals surface area contributed by atoms with Crippen molar-refractivity contribution in [2.45, 2.75) is 19.8 Å². The first-order chi connectivity index (χ1) is 8.04. The molecule has 0 aliphatic carbocycles. The summed E-state index contributed by atoms with van der Waals surface area (Å²) in [6.45, 7) is 1.86. The second-order valence-electron chi connectivity index (χ2n) is 3.40. The van der Waals surface area contributed by atoms with Gasteiger partial charge >= 0.3 is 5.97 Å². The highest BCUT2D eigenvalue weighted by Crippen LogP contribution is 2.20. The molecule has 17 heavy (non-hydrogen) atoms. The SMILES string of the molecule is CCOC(=O)CC(=O)Cc1c(F)cccc1Cl. The molecule has 0 atom stereocenters. The van der Waals surface area contributed by atoms with Crippen molar-refractivity contribution in [1.29, 1.82) is 0 Å². The maximum atomic E-state index is 13.3. The van der Waals surface area contributed by atoms with Crippen LogP contribution >= 0.6 is 11.6 Å². The van der Waals surface area contributed by atoms with Crippen LogP contribution in [0.2, 0.25) is 5.02 Å². The molecule has 5 heteroatoms. The summed E-state index contributed by atoms with van der Waals surface area (Å²) in [5.74, 6) is -1.57.